The van der Waals surface area contributed by atoms with Crippen molar-refractivity contribution < 1.29 is 4.79 Å². The van der Waals surface area contributed by atoms with Crippen molar-refractivity contribution >= 4 is 57.6 Å². The first-order chi connectivity index (χ1) is 19.0. The maximum absolute atomic E-state index is 12.1. The molecule has 8 nitrogen and oxygen atoms in total. The largest absolute Gasteiger partial charge is 0.365 e. The molecule has 2 saturated heterocycles. The summed E-state index contributed by atoms with van der Waals surface area (Å²) in [4.78, 5) is 26.9. The molecule has 2 fully saturated rings. The third kappa shape index (κ3) is 7.24. The highest BCUT2D eigenvalue weighted by atomic mass is 35.5. The van der Waals surface area contributed by atoms with Gasteiger partial charge in [-0.2, -0.15) is 4.98 Å². The molecule has 2 aliphatic heterocycles. The third-order valence-corrected chi connectivity index (χ3v) is 8.28. The highest BCUT2D eigenvalue weighted by Gasteiger charge is 2.23. The van der Waals surface area contributed by atoms with Crippen LogP contribution in [0.3, 0.4) is 0 Å². The van der Waals surface area contributed by atoms with E-state index in [0.29, 0.717) is 34.6 Å². The Hall–Kier alpha value is -2.81. The van der Waals surface area contributed by atoms with Crippen molar-refractivity contribution in [3.8, 4) is 0 Å². The minimum absolute atomic E-state index is 0.246. The van der Waals surface area contributed by atoms with Gasteiger partial charge in [-0.05, 0) is 100 Å². The molecule has 5 rings (SSSR count). The van der Waals surface area contributed by atoms with E-state index in [1.54, 1.807) is 6.07 Å². The number of likely N-dealkylation sites (tertiary alicyclic amines) is 1. The third-order valence-electron chi connectivity index (χ3n) is 7.69. The summed E-state index contributed by atoms with van der Waals surface area (Å²) in [6, 6.07) is 11.0. The maximum Gasteiger partial charge on any atom is 0.319 e. The van der Waals surface area contributed by atoms with Gasteiger partial charge < -0.3 is 25.8 Å². The predicted molar refractivity (Wildman–Crippen MR) is 161 cm³/mol. The van der Waals surface area contributed by atoms with E-state index in [0.717, 1.165) is 54.3 Å². The lowest BCUT2D eigenvalue weighted by Gasteiger charge is -2.33. The predicted octanol–water partition coefficient (Wildman–Crippen LogP) is 6.39. The van der Waals surface area contributed by atoms with Crippen LogP contribution < -0.4 is 20.9 Å². The first kappa shape index (κ1) is 27.7. The molecule has 0 aliphatic carbocycles. The summed E-state index contributed by atoms with van der Waals surface area (Å²) in [5, 5.41) is 11.1. The van der Waals surface area contributed by atoms with Gasteiger partial charge in [0.1, 0.15) is 5.82 Å². The normalized spacial score (nSPS) is 16.5. The van der Waals surface area contributed by atoms with Crippen LogP contribution in [0.2, 0.25) is 10.0 Å². The average Bonchev–Trinajstić information content (AvgIpc) is 3.45. The number of rotatable bonds is 9. The van der Waals surface area contributed by atoms with E-state index in [1.807, 2.05) is 37.3 Å². The topological polar surface area (TPSA) is 85.4 Å². The Bertz CT molecular complexity index is 1290. The van der Waals surface area contributed by atoms with E-state index in [4.69, 9.17) is 33.2 Å². The number of carbonyl (C=O) groups excluding carboxylic acids is 1. The van der Waals surface area contributed by atoms with Gasteiger partial charge in [0, 0.05) is 47.3 Å². The van der Waals surface area contributed by atoms with Gasteiger partial charge in [-0.15, -0.1) is 0 Å². The summed E-state index contributed by atoms with van der Waals surface area (Å²) >= 11 is 12.5. The van der Waals surface area contributed by atoms with Gasteiger partial charge in [0.15, 0.2) is 0 Å². The fourth-order valence-corrected chi connectivity index (χ4v) is 5.92. The Kier molecular flexibility index (Phi) is 9.27. The minimum atomic E-state index is -0.246. The molecule has 208 valence electrons. The number of piperidine rings is 1. The number of fused-ring (bicyclic) bond motifs is 1. The number of urea groups is 1. The standard InChI is InChI=1S/C29H37Cl2N7O/c1-2-32-29(39)34-23-7-8-26-24(18-23)27(33-19-21-5-6-22(30)17-25(21)31)36-28(35-26)38-15-10-20(11-16-38)9-14-37-12-3-4-13-37/h5-8,17-18,20H,2-4,9-16,19H2,1H3,(H2,32,34,39)(H,33,35,36). The molecule has 3 heterocycles. The van der Waals surface area contributed by atoms with Crippen LogP contribution in [0, 0.1) is 5.92 Å². The number of aromatic nitrogens is 2. The summed E-state index contributed by atoms with van der Waals surface area (Å²) in [7, 11) is 0. The van der Waals surface area contributed by atoms with Crippen molar-refractivity contribution in [3.05, 3.63) is 52.0 Å². The second-order valence-electron chi connectivity index (χ2n) is 10.4. The monoisotopic (exact) mass is 569 g/mol. The van der Waals surface area contributed by atoms with Crippen LogP contribution in [0.5, 0.6) is 0 Å². The van der Waals surface area contributed by atoms with Gasteiger partial charge in [-0.1, -0.05) is 29.3 Å². The van der Waals surface area contributed by atoms with Gasteiger partial charge in [0.2, 0.25) is 5.95 Å². The number of halogens is 2. The van der Waals surface area contributed by atoms with Crippen LogP contribution >= 0.6 is 23.2 Å². The van der Waals surface area contributed by atoms with Crippen LogP contribution in [0.1, 0.15) is 44.6 Å². The fourth-order valence-electron chi connectivity index (χ4n) is 5.44. The van der Waals surface area contributed by atoms with Crippen LogP contribution in [0.15, 0.2) is 36.4 Å². The lowest BCUT2D eigenvalue weighted by molar-refractivity contribution is 0.252. The van der Waals surface area contributed by atoms with Gasteiger partial charge in [0.05, 0.1) is 5.52 Å². The van der Waals surface area contributed by atoms with Crippen molar-refractivity contribution in [3.63, 3.8) is 0 Å². The molecular formula is C29H37Cl2N7O. The number of carbonyl (C=O) groups is 1. The number of hydrogen-bond donors (Lipinski definition) is 3. The van der Waals surface area contributed by atoms with Gasteiger partial charge in [-0.25, -0.2) is 9.78 Å². The molecule has 0 atom stereocenters. The van der Waals surface area contributed by atoms with Crippen molar-refractivity contribution in [2.75, 3.05) is 54.8 Å². The first-order valence-electron chi connectivity index (χ1n) is 14.0. The van der Waals surface area contributed by atoms with Crippen LogP contribution in [0.25, 0.3) is 10.9 Å². The molecule has 3 aromatic rings. The van der Waals surface area contributed by atoms with Crippen molar-refractivity contribution in [2.45, 2.75) is 45.6 Å². The highest BCUT2D eigenvalue weighted by molar-refractivity contribution is 6.35. The van der Waals surface area contributed by atoms with Gasteiger partial charge in [-0.3, -0.25) is 0 Å². The zero-order valence-corrected chi connectivity index (χ0v) is 24.0. The number of amides is 2. The molecular weight excluding hydrogens is 533 g/mol. The second-order valence-corrected chi connectivity index (χ2v) is 11.3. The lowest BCUT2D eigenvalue weighted by Crippen LogP contribution is -2.36. The quantitative estimate of drug-likeness (QED) is 0.276. The van der Waals surface area contributed by atoms with Crippen molar-refractivity contribution in [1.29, 1.82) is 0 Å². The molecule has 0 spiro atoms. The molecule has 0 unspecified atom stereocenters. The smallest absolute Gasteiger partial charge is 0.319 e. The van der Waals surface area contributed by atoms with E-state index < -0.39 is 0 Å². The Labute approximate surface area is 240 Å². The Morgan fingerprint density at radius 2 is 1.82 bits per heavy atom. The minimum Gasteiger partial charge on any atom is -0.365 e. The van der Waals surface area contributed by atoms with E-state index >= 15 is 0 Å². The SMILES string of the molecule is CCNC(=O)Nc1ccc2nc(N3CCC(CCN4CCCC4)CC3)nc(NCc3ccc(Cl)cc3Cl)c2c1. The Morgan fingerprint density at radius 1 is 1.03 bits per heavy atom. The van der Waals surface area contributed by atoms with Crippen LogP contribution in [-0.4, -0.2) is 60.2 Å². The zero-order valence-electron chi connectivity index (χ0n) is 22.5. The summed E-state index contributed by atoms with van der Waals surface area (Å²) < 4.78 is 0. The van der Waals surface area contributed by atoms with Gasteiger partial charge >= 0.3 is 6.03 Å². The molecule has 39 heavy (non-hydrogen) atoms. The molecule has 0 bridgehead atoms. The second kappa shape index (κ2) is 13.0. The maximum atomic E-state index is 12.1. The average molecular weight is 571 g/mol. The molecule has 2 aliphatic rings. The highest BCUT2D eigenvalue weighted by Crippen LogP contribution is 2.30. The van der Waals surface area contributed by atoms with E-state index in [1.165, 1.54) is 38.9 Å². The molecule has 3 N–H and O–H groups in total. The van der Waals surface area contributed by atoms with Crippen molar-refractivity contribution in [2.24, 2.45) is 5.92 Å². The van der Waals surface area contributed by atoms with E-state index in [2.05, 4.69) is 25.8 Å². The number of hydrogen-bond acceptors (Lipinski definition) is 6. The summed E-state index contributed by atoms with van der Waals surface area (Å²) in [5.74, 6) is 2.20. The Balaban J connectivity index is 1.34. The van der Waals surface area contributed by atoms with E-state index in [-0.39, 0.29) is 6.03 Å². The molecule has 1 aromatic heterocycles. The number of nitrogens with zero attached hydrogens (tertiary/aromatic N) is 4. The fraction of sp³-hybridized carbons (Fsp3) is 0.483. The number of nitrogens with one attached hydrogen (secondary N) is 3. The summed E-state index contributed by atoms with van der Waals surface area (Å²) in [6.07, 6.45) is 6.30. The molecule has 2 aromatic carbocycles. The molecule has 0 radical (unpaired) electrons. The number of anilines is 3. The molecule has 10 heteroatoms. The van der Waals surface area contributed by atoms with E-state index in [9.17, 15) is 4.79 Å². The summed E-state index contributed by atoms with van der Waals surface area (Å²) in [6.45, 7) is 8.58. The van der Waals surface area contributed by atoms with Crippen molar-refractivity contribution in [1.82, 2.24) is 20.2 Å². The summed E-state index contributed by atoms with van der Waals surface area (Å²) in [5.41, 5.74) is 2.42. The Morgan fingerprint density at radius 3 is 2.56 bits per heavy atom. The molecule has 0 saturated carbocycles. The van der Waals surface area contributed by atoms with Crippen LogP contribution in [-0.2, 0) is 6.54 Å². The molecule has 2 amide bonds. The lowest BCUT2D eigenvalue weighted by atomic mass is 9.93. The first-order valence-corrected chi connectivity index (χ1v) is 14.8. The number of benzene rings is 2. The van der Waals surface area contributed by atoms with Gasteiger partial charge in [0.25, 0.3) is 0 Å². The zero-order chi connectivity index (χ0) is 27.2. The van der Waals surface area contributed by atoms with Crippen LogP contribution in [0.4, 0.5) is 22.2 Å².